The number of aromatic carboxylic acids is 1. The predicted molar refractivity (Wildman–Crippen MR) is 123 cm³/mol. The van der Waals surface area contributed by atoms with Crippen LogP contribution >= 0.6 is 0 Å². The molecule has 0 spiro atoms. The number of carboxylic acid groups (broad SMARTS) is 1. The van der Waals surface area contributed by atoms with Gasteiger partial charge in [-0.3, -0.25) is 4.99 Å². The fourth-order valence-corrected chi connectivity index (χ4v) is 3.12. The van der Waals surface area contributed by atoms with E-state index >= 15 is 0 Å². The molecule has 160 valence electrons. The Morgan fingerprint density at radius 3 is 2.35 bits per heavy atom. The maximum Gasteiger partial charge on any atom is 0.335 e. The molecule has 5 nitrogen and oxygen atoms in total. The highest BCUT2D eigenvalue weighted by Crippen LogP contribution is 2.31. The minimum absolute atomic E-state index is 0.245. The number of ether oxygens (including phenoxy) is 2. The van der Waals surface area contributed by atoms with Crippen LogP contribution < -0.4 is 9.47 Å². The van der Waals surface area contributed by atoms with E-state index in [-0.39, 0.29) is 12.2 Å². The van der Waals surface area contributed by atoms with Crippen molar-refractivity contribution in [1.82, 2.24) is 0 Å². The molecule has 1 N–H and O–H groups in total. The molecule has 0 bridgehead atoms. The molecule has 0 fully saturated rings. The minimum atomic E-state index is -0.950. The van der Waals surface area contributed by atoms with Crippen LogP contribution in [0.1, 0.15) is 46.8 Å². The zero-order valence-corrected chi connectivity index (χ0v) is 17.9. The number of hydrogen-bond acceptors (Lipinski definition) is 4. The third-order valence-electron chi connectivity index (χ3n) is 4.92. The topological polar surface area (TPSA) is 68.1 Å². The van der Waals surface area contributed by atoms with E-state index in [2.05, 4.69) is 24.0 Å². The molecule has 5 heteroatoms. The van der Waals surface area contributed by atoms with Gasteiger partial charge < -0.3 is 14.6 Å². The van der Waals surface area contributed by atoms with E-state index in [9.17, 15) is 4.79 Å². The molecule has 0 radical (unpaired) electrons. The molecule has 0 amide bonds. The fraction of sp³-hybridized carbons (Fsp3) is 0.231. The lowest BCUT2D eigenvalue weighted by molar-refractivity contribution is 0.0697. The van der Waals surface area contributed by atoms with Gasteiger partial charge in [-0.05, 0) is 60.4 Å². The summed E-state index contributed by atoms with van der Waals surface area (Å²) in [5.74, 6) is 0.255. The van der Waals surface area contributed by atoms with Crippen LogP contribution in [0.3, 0.4) is 0 Å². The van der Waals surface area contributed by atoms with Crippen LogP contribution in [0.15, 0.2) is 71.7 Å². The zero-order chi connectivity index (χ0) is 22.1. The number of para-hydroxylation sites is 1. The molecular formula is C26H27NO4. The number of aryl methyl sites for hydroxylation is 1. The third-order valence-corrected chi connectivity index (χ3v) is 4.92. The van der Waals surface area contributed by atoms with Crippen molar-refractivity contribution in [3.05, 3.63) is 89.0 Å². The van der Waals surface area contributed by atoms with Gasteiger partial charge >= 0.3 is 5.97 Å². The summed E-state index contributed by atoms with van der Waals surface area (Å²) >= 11 is 0. The Balaban J connectivity index is 1.75. The molecule has 0 unspecified atom stereocenters. The van der Waals surface area contributed by atoms with E-state index in [1.165, 1.54) is 18.4 Å². The first kappa shape index (κ1) is 22.1. The largest absolute Gasteiger partial charge is 0.493 e. The number of hydrogen-bond donors (Lipinski definition) is 1. The standard InChI is InChI=1S/C26H27NO4/c1-3-4-6-19-11-15-23(16-12-19)27-17-22-7-5-8-24(30-2)25(22)31-18-20-9-13-21(14-10-20)26(28)29/h5,7-17H,3-4,6,18H2,1-2H3,(H,28,29). The molecular weight excluding hydrogens is 390 g/mol. The lowest BCUT2D eigenvalue weighted by Crippen LogP contribution is -2.02. The number of rotatable bonds is 10. The lowest BCUT2D eigenvalue weighted by atomic mass is 10.1. The summed E-state index contributed by atoms with van der Waals surface area (Å²) in [7, 11) is 1.60. The monoisotopic (exact) mass is 417 g/mol. The van der Waals surface area contributed by atoms with Crippen LogP contribution in [0.25, 0.3) is 0 Å². The van der Waals surface area contributed by atoms with Crippen LogP contribution in [-0.4, -0.2) is 24.4 Å². The molecule has 0 aliphatic rings. The van der Waals surface area contributed by atoms with Gasteiger partial charge in [0.05, 0.1) is 18.4 Å². The number of unbranched alkanes of at least 4 members (excludes halogenated alkanes) is 1. The van der Waals surface area contributed by atoms with Crippen LogP contribution in [-0.2, 0) is 13.0 Å². The summed E-state index contributed by atoms with van der Waals surface area (Å²) < 4.78 is 11.5. The van der Waals surface area contributed by atoms with Crippen molar-refractivity contribution < 1.29 is 19.4 Å². The number of nitrogens with zero attached hydrogens (tertiary/aromatic N) is 1. The molecule has 3 aromatic carbocycles. The first-order chi connectivity index (χ1) is 15.1. The maximum atomic E-state index is 11.0. The third kappa shape index (κ3) is 6.19. The van der Waals surface area contributed by atoms with Gasteiger partial charge in [-0.25, -0.2) is 4.79 Å². The van der Waals surface area contributed by atoms with Crippen molar-refractivity contribution in [2.45, 2.75) is 32.8 Å². The molecule has 0 heterocycles. The number of methoxy groups -OCH3 is 1. The Bertz CT molecular complexity index is 1020. The van der Waals surface area contributed by atoms with E-state index in [0.29, 0.717) is 11.5 Å². The number of aliphatic imine (C=N–C) groups is 1. The maximum absolute atomic E-state index is 11.0. The summed E-state index contributed by atoms with van der Waals surface area (Å²) in [6.07, 6.45) is 5.22. The Hall–Kier alpha value is -3.60. The Kier molecular flexibility index (Phi) is 7.82. The van der Waals surface area contributed by atoms with Gasteiger partial charge in [-0.2, -0.15) is 0 Å². The smallest absolute Gasteiger partial charge is 0.335 e. The van der Waals surface area contributed by atoms with Crippen molar-refractivity contribution in [2.24, 2.45) is 4.99 Å². The van der Waals surface area contributed by atoms with Crippen molar-refractivity contribution >= 4 is 17.9 Å². The lowest BCUT2D eigenvalue weighted by Gasteiger charge is -2.13. The normalized spacial score (nSPS) is 10.9. The molecule has 0 aliphatic carbocycles. The van der Waals surface area contributed by atoms with Gasteiger partial charge in [0, 0.05) is 11.8 Å². The zero-order valence-electron chi connectivity index (χ0n) is 17.9. The Morgan fingerprint density at radius 2 is 1.71 bits per heavy atom. The summed E-state index contributed by atoms with van der Waals surface area (Å²) in [4.78, 5) is 15.6. The summed E-state index contributed by atoms with van der Waals surface area (Å²) in [5, 5.41) is 9.03. The molecule has 3 aromatic rings. The van der Waals surface area contributed by atoms with E-state index in [0.717, 1.165) is 23.2 Å². The Morgan fingerprint density at radius 1 is 1.00 bits per heavy atom. The summed E-state index contributed by atoms with van der Waals surface area (Å²) in [5.41, 5.74) is 4.10. The molecule has 0 atom stereocenters. The summed E-state index contributed by atoms with van der Waals surface area (Å²) in [6.45, 7) is 2.48. The molecule has 31 heavy (non-hydrogen) atoms. The van der Waals surface area contributed by atoms with Crippen LogP contribution in [0.5, 0.6) is 11.5 Å². The van der Waals surface area contributed by atoms with Crippen LogP contribution in [0.2, 0.25) is 0 Å². The van der Waals surface area contributed by atoms with E-state index in [1.54, 1.807) is 37.6 Å². The summed E-state index contributed by atoms with van der Waals surface area (Å²) in [6, 6.07) is 20.5. The van der Waals surface area contributed by atoms with E-state index in [4.69, 9.17) is 14.6 Å². The number of benzene rings is 3. The number of carboxylic acids is 1. The quantitative estimate of drug-likeness (QED) is 0.407. The van der Waals surface area contributed by atoms with Gasteiger partial charge in [-0.15, -0.1) is 0 Å². The molecule has 0 aromatic heterocycles. The second kappa shape index (κ2) is 11.0. The molecule has 0 saturated carbocycles. The first-order valence-corrected chi connectivity index (χ1v) is 10.4. The van der Waals surface area contributed by atoms with Crippen molar-refractivity contribution in [2.75, 3.05) is 7.11 Å². The van der Waals surface area contributed by atoms with Crippen molar-refractivity contribution in [3.8, 4) is 11.5 Å². The second-order valence-electron chi connectivity index (χ2n) is 7.20. The van der Waals surface area contributed by atoms with Gasteiger partial charge in [0.1, 0.15) is 6.61 Å². The van der Waals surface area contributed by atoms with Crippen molar-refractivity contribution in [3.63, 3.8) is 0 Å². The highest BCUT2D eigenvalue weighted by Gasteiger charge is 2.10. The average Bonchev–Trinajstić information content (AvgIpc) is 2.81. The minimum Gasteiger partial charge on any atom is -0.493 e. The molecule has 0 aliphatic heterocycles. The highest BCUT2D eigenvalue weighted by atomic mass is 16.5. The SMILES string of the molecule is CCCCc1ccc(N=Cc2cccc(OC)c2OCc2ccc(C(=O)O)cc2)cc1. The van der Waals surface area contributed by atoms with Crippen molar-refractivity contribution in [1.29, 1.82) is 0 Å². The van der Waals surface area contributed by atoms with E-state index in [1.807, 2.05) is 30.3 Å². The molecule has 3 rings (SSSR count). The van der Waals surface area contributed by atoms with Gasteiger partial charge in [-0.1, -0.05) is 43.7 Å². The molecule has 0 saturated heterocycles. The fourth-order valence-electron chi connectivity index (χ4n) is 3.12. The van der Waals surface area contributed by atoms with Gasteiger partial charge in [0.15, 0.2) is 11.5 Å². The van der Waals surface area contributed by atoms with Crippen LogP contribution in [0.4, 0.5) is 5.69 Å². The average molecular weight is 418 g/mol. The van der Waals surface area contributed by atoms with Crippen LogP contribution in [0, 0.1) is 0 Å². The first-order valence-electron chi connectivity index (χ1n) is 10.4. The highest BCUT2D eigenvalue weighted by molar-refractivity contribution is 5.88. The van der Waals surface area contributed by atoms with Gasteiger partial charge in [0.25, 0.3) is 0 Å². The van der Waals surface area contributed by atoms with Gasteiger partial charge in [0.2, 0.25) is 0 Å². The van der Waals surface area contributed by atoms with E-state index < -0.39 is 5.97 Å². The predicted octanol–water partition coefficient (Wildman–Crippen LogP) is 6.07. The Labute approximate surface area is 183 Å². The number of carbonyl (C=O) groups is 1. The second-order valence-corrected chi connectivity index (χ2v) is 7.20.